The van der Waals surface area contributed by atoms with Gasteiger partial charge >= 0.3 is 0 Å². The van der Waals surface area contributed by atoms with Gasteiger partial charge in [-0.2, -0.15) is 4.37 Å². The molecule has 0 fully saturated rings. The first-order valence-corrected chi connectivity index (χ1v) is 6.16. The van der Waals surface area contributed by atoms with E-state index in [2.05, 4.69) is 20.7 Å². The van der Waals surface area contributed by atoms with E-state index in [0.29, 0.717) is 0 Å². The third-order valence-corrected chi connectivity index (χ3v) is 3.55. The Kier molecular flexibility index (Phi) is 2.53. The highest BCUT2D eigenvalue weighted by atomic mass is 32.1. The number of fused-ring (bicyclic) bond motifs is 1. The van der Waals surface area contributed by atoms with Crippen LogP contribution in [0.3, 0.4) is 0 Å². The maximum absolute atomic E-state index is 4.39. The van der Waals surface area contributed by atoms with Crippen LogP contribution in [0.5, 0.6) is 0 Å². The maximum atomic E-state index is 4.39. The number of nitrogens with zero attached hydrogens (tertiary/aromatic N) is 3. The van der Waals surface area contributed by atoms with Crippen molar-refractivity contribution in [3.8, 4) is 0 Å². The van der Waals surface area contributed by atoms with E-state index in [9.17, 15) is 0 Å². The first kappa shape index (κ1) is 10.3. The monoisotopic (exact) mass is 244 g/mol. The number of aromatic nitrogens is 3. The van der Waals surface area contributed by atoms with Crippen molar-refractivity contribution in [1.29, 1.82) is 0 Å². The molecule has 0 bridgehead atoms. The van der Waals surface area contributed by atoms with Gasteiger partial charge in [0.15, 0.2) is 0 Å². The van der Waals surface area contributed by atoms with E-state index in [0.717, 1.165) is 22.9 Å². The molecule has 0 aliphatic rings. The van der Waals surface area contributed by atoms with Crippen molar-refractivity contribution < 1.29 is 0 Å². The van der Waals surface area contributed by atoms with E-state index in [1.807, 2.05) is 42.2 Å². The minimum Gasteiger partial charge on any atom is -0.368 e. The first-order chi connectivity index (χ1) is 8.34. The molecule has 0 spiro atoms. The van der Waals surface area contributed by atoms with Gasteiger partial charge < -0.3 is 9.88 Å². The van der Waals surface area contributed by atoms with Gasteiger partial charge in [0.25, 0.3) is 0 Å². The van der Waals surface area contributed by atoms with E-state index in [4.69, 9.17) is 0 Å². The van der Waals surface area contributed by atoms with Crippen LogP contribution in [0.15, 0.2) is 36.7 Å². The number of hydrogen-bond donors (Lipinski definition) is 1. The maximum Gasteiger partial charge on any atom is 0.127 e. The van der Waals surface area contributed by atoms with Crippen molar-refractivity contribution in [2.45, 2.75) is 6.54 Å². The Balaban J connectivity index is 1.84. The highest BCUT2D eigenvalue weighted by Gasteiger charge is 2.05. The number of nitrogens with one attached hydrogen (secondary N) is 1. The molecular weight excluding hydrogens is 232 g/mol. The molecule has 0 saturated heterocycles. The van der Waals surface area contributed by atoms with Crippen molar-refractivity contribution in [1.82, 2.24) is 13.9 Å². The molecule has 2 aromatic heterocycles. The van der Waals surface area contributed by atoms with E-state index in [-0.39, 0.29) is 0 Å². The molecule has 0 unspecified atom stereocenters. The molecule has 2 heterocycles. The van der Waals surface area contributed by atoms with Gasteiger partial charge in [-0.3, -0.25) is 0 Å². The van der Waals surface area contributed by atoms with Crippen molar-refractivity contribution in [2.75, 3.05) is 5.32 Å². The van der Waals surface area contributed by atoms with Crippen molar-refractivity contribution in [2.24, 2.45) is 7.05 Å². The first-order valence-electron chi connectivity index (χ1n) is 5.39. The fourth-order valence-corrected chi connectivity index (χ4v) is 2.50. The number of imidazole rings is 1. The smallest absolute Gasteiger partial charge is 0.127 e. The summed E-state index contributed by atoms with van der Waals surface area (Å²) in [4.78, 5) is 4.28. The van der Waals surface area contributed by atoms with Crippen molar-refractivity contribution in [3.05, 3.63) is 42.5 Å². The highest BCUT2D eigenvalue weighted by molar-refractivity contribution is 7.11. The lowest BCUT2D eigenvalue weighted by Crippen LogP contribution is -2.04. The van der Waals surface area contributed by atoms with Crippen LogP contribution in [0.1, 0.15) is 5.82 Å². The lowest BCUT2D eigenvalue weighted by Gasteiger charge is -2.03. The lowest BCUT2D eigenvalue weighted by molar-refractivity contribution is 0.814. The molecule has 0 aliphatic heterocycles. The molecule has 0 amide bonds. The third-order valence-electron chi connectivity index (χ3n) is 2.71. The zero-order chi connectivity index (χ0) is 11.7. The second-order valence-electron chi connectivity index (χ2n) is 3.84. The predicted octanol–water partition coefficient (Wildman–Crippen LogP) is 2.64. The Bertz CT molecular complexity index is 641. The minimum absolute atomic E-state index is 0.718. The molecule has 1 aromatic carbocycles. The Hall–Kier alpha value is -1.88. The Morgan fingerprint density at radius 1 is 1.35 bits per heavy atom. The topological polar surface area (TPSA) is 42.7 Å². The summed E-state index contributed by atoms with van der Waals surface area (Å²) in [5.74, 6) is 1.02. The quantitative estimate of drug-likeness (QED) is 0.770. The minimum atomic E-state index is 0.718. The molecule has 4 nitrogen and oxygen atoms in total. The van der Waals surface area contributed by atoms with E-state index in [1.165, 1.54) is 16.9 Å². The molecule has 5 heteroatoms. The van der Waals surface area contributed by atoms with Gasteiger partial charge in [0.1, 0.15) is 10.8 Å². The Labute approximate surface area is 103 Å². The number of benzene rings is 1. The standard InChI is InChI=1S/C12H12N4S/c1-16-7-6-13-11(16)8-14-12-9-4-2-3-5-10(9)15-17-12/h2-7,14H,8H2,1H3. The van der Waals surface area contributed by atoms with Crippen molar-refractivity contribution >= 4 is 27.4 Å². The molecular formula is C12H12N4S. The molecule has 3 rings (SSSR count). The summed E-state index contributed by atoms with van der Waals surface area (Å²) in [5.41, 5.74) is 1.04. The van der Waals surface area contributed by atoms with Crippen LogP contribution in [0.25, 0.3) is 10.9 Å². The number of aryl methyl sites for hydroxylation is 1. The molecule has 0 atom stereocenters. The fraction of sp³-hybridized carbons (Fsp3) is 0.167. The average molecular weight is 244 g/mol. The predicted molar refractivity (Wildman–Crippen MR) is 70.2 cm³/mol. The summed E-state index contributed by atoms with van der Waals surface area (Å²) in [6, 6.07) is 8.14. The van der Waals surface area contributed by atoms with Crippen LogP contribution in [-0.2, 0) is 13.6 Å². The Morgan fingerprint density at radius 2 is 2.24 bits per heavy atom. The number of rotatable bonds is 3. The lowest BCUT2D eigenvalue weighted by atomic mass is 10.2. The van der Waals surface area contributed by atoms with Crippen LogP contribution in [0, 0.1) is 0 Å². The van der Waals surface area contributed by atoms with Gasteiger partial charge in [-0.15, -0.1) is 0 Å². The Morgan fingerprint density at radius 3 is 3.06 bits per heavy atom. The zero-order valence-electron chi connectivity index (χ0n) is 9.42. The summed E-state index contributed by atoms with van der Waals surface area (Å²) in [5, 5.41) is 5.66. The molecule has 0 aliphatic carbocycles. The number of anilines is 1. The van der Waals surface area contributed by atoms with Gasteiger partial charge in [0.2, 0.25) is 0 Å². The van der Waals surface area contributed by atoms with Gasteiger partial charge in [-0.05, 0) is 23.7 Å². The molecule has 86 valence electrons. The highest BCUT2D eigenvalue weighted by Crippen LogP contribution is 2.27. The van der Waals surface area contributed by atoms with Gasteiger partial charge in [0, 0.05) is 24.8 Å². The van der Waals surface area contributed by atoms with Crippen LogP contribution in [-0.4, -0.2) is 13.9 Å². The van der Waals surface area contributed by atoms with Crippen LogP contribution >= 0.6 is 11.5 Å². The van der Waals surface area contributed by atoms with Gasteiger partial charge in [-0.1, -0.05) is 12.1 Å². The third kappa shape index (κ3) is 1.89. The van der Waals surface area contributed by atoms with Crippen LogP contribution in [0.4, 0.5) is 5.00 Å². The summed E-state index contributed by atoms with van der Waals surface area (Å²) >= 11 is 1.49. The molecule has 3 aromatic rings. The second-order valence-corrected chi connectivity index (χ2v) is 4.61. The van der Waals surface area contributed by atoms with Crippen LogP contribution < -0.4 is 5.32 Å². The normalized spacial score (nSPS) is 10.9. The summed E-state index contributed by atoms with van der Waals surface area (Å²) in [6.45, 7) is 0.718. The largest absolute Gasteiger partial charge is 0.368 e. The van der Waals surface area contributed by atoms with E-state index < -0.39 is 0 Å². The molecule has 1 N–H and O–H groups in total. The summed E-state index contributed by atoms with van der Waals surface area (Å²) in [6.07, 6.45) is 3.75. The fourth-order valence-electron chi connectivity index (χ4n) is 1.74. The second kappa shape index (κ2) is 4.18. The molecule has 0 saturated carbocycles. The molecule has 17 heavy (non-hydrogen) atoms. The van der Waals surface area contributed by atoms with E-state index in [1.54, 1.807) is 0 Å². The molecule has 0 radical (unpaired) electrons. The summed E-state index contributed by atoms with van der Waals surface area (Å²) in [7, 11) is 1.99. The zero-order valence-corrected chi connectivity index (χ0v) is 10.2. The average Bonchev–Trinajstić information content (AvgIpc) is 2.93. The summed E-state index contributed by atoms with van der Waals surface area (Å²) < 4.78 is 6.40. The van der Waals surface area contributed by atoms with E-state index >= 15 is 0 Å². The van der Waals surface area contributed by atoms with Crippen molar-refractivity contribution in [3.63, 3.8) is 0 Å². The number of hydrogen-bond acceptors (Lipinski definition) is 4. The SMILES string of the molecule is Cn1ccnc1CNc1snc2ccccc12. The van der Waals surface area contributed by atoms with Gasteiger partial charge in [-0.25, -0.2) is 4.98 Å². The van der Waals surface area contributed by atoms with Gasteiger partial charge in [0.05, 0.1) is 12.1 Å². The van der Waals surface area contributed by atoms with Crippen LogP contribution in [0.2, 0.25) is 0 Å².